The molecule has 3 fully saturated rings. The summed E-state index contributed by atoms with van der Waals surface area (Å²) in [7, 11) is 0. The largest absolute Gasteiger partial charge is 0.393 e. The van der Waals surface area contributed by atoms with Gasteiger partial charge in [-0.1, -0.05) is 43.7 Å². The molecule has 168 valence electrons. The van der Waals surface area contributed by atoms with Crippen molar-refractivity contribution in [2.45, 2.75) is 96.9 Å². The molecular weight excluding hydrogens is 372 g/mol. The van der Waals surface area contributed by atoms with Crippen molar-refractivity contribution in [2.24, 2.45) is 23.2 Å². The van der Waals surface area contributed by atoms with Gasteiger partial charge >= 0.3 is 0 Å². The highest BCUT2D eigenvalue weighted by Crippen LogP contribution is 2.60. The first-order valence-corrected chi connectivity index (χ1v) is 11.9. The number of fused-ring (bicyclic) bond motifs is 1. The van der Waals surface area contributed by atoms with Crippen molar-refractivity contribution in [1.29, 1.82) is 0 Å². The summed E-state index contributed by atoms with van der Waals surface area (Å²) in [5.74, 6) is 1.75. The summed E-state index contributed by atoms with van der Waals surface area (Å²) < 4.78 is 0. The highest BCUT2D eigenvalue weighted by atomic mass is 16.3. The van der Waals surface area contributed by atoms with Crippen LogP contribution in [0, 0.1) is 23.2 Å². The molecule has 3 saturated carbocycles. The van der Waals surface area contributed by atoms with Gasteiger partial charge < -0.3 is 15.3 Å². The molecule has 3 aliphatic carbocycles. The molecule has 0 aromatic heterocycles. The molecule has 0 unspecified atom stereocenters. The lowest BCUT2D eigenvalue weighted by Crippen LogP contribution is -2.36. The van der Waals surface area contributed by atoms with Crippen LogP contribution in [0.4, 0.5) is 0 Å². The zero-order valence-corrected chi connectivity index (χ0v) is 19.2. The zero-order valence-electron chi connectivity index (χ0n) is 19.2. The third kappa shape index (κ3) is 5.00. The average molecular weight is 415 g/mol. The fourth-order valence-corrected chi connectivity index (χ4v) is 6.76. The number of rotatable bonds is 6. The summed E-state index contributed by atoms with van der Waals surface area (Å²) in [5.41, 5.74) is 4.64. The monoisotopic (exact) mass is 414 g/mol. The molecule has 0 radical (unpaired) electrons. The first kappa shape index (κ1) is 23.5. The minimum absolute atomic E-state index is 0.279. The Labute approximate surface area is 183 Å². The second-order valence-corrected chi connectivity index (χ2v) is 10.7. The van der Waals surface area contributed by atoms with Gasteiger partial charge in [-0.15, -0.1) is 6.58 Å². The number of hydrogen-bond acceptors (Lipinski definition) is 3. The van der Waals surface area contributed by atoms with Gasteiger partial charge in [-0.3, -0.25) is 0 Å². The van der Waals surface area contributed by atoms with E-state index in [9.17, 15) is 15.3 Å². The van der Waals surface area contributed by atoms with Crippen molar-refractivity contribution in [3.8, 4) is 0 Å². The normalized spacial score (nSPS) is 39.2. The summed E-state index contributed by atoms with van der Waals surface area (Å²) in [6.45, 7) is 14.8. The first-order valence-electron chi connectivity index (χ1n) is 11.9. The minimum Gasteiger partial charge on any atom is -0.393 e. The lowest BCUT2D eigenvalue weighted by atomic mass is 9.60. The summed E-state index contributed by atoms with van der Waals surface area (Å²) in [4.78, 5) is 0. The van der Waals surface area contributed by atoms with Gasteiger partial charge in [-0.05, 0) is 92.6 Å². The van der Waals surface area contributed by atoms with Gasteiger partial charge in [-0.2, -0.15) is 0 Å². The highest BCUT2D eigenvalue weighted by Gasteiger charge is 2.50. The van der Waals surface area contributed by atoms with E-state index in [4.69, 9.17) is 0 Å². The van der Waals surface area contributed by atoms with Crippen LogP contribution in [0.2, 0.25) is 0 Å². The molecule has 3 N–H and O–H groups in total. The number of aliphatic hydroxyl groups excluding tert-OH is 3. The Morgan fingerprint density at radius 2 is 2.00 bits per heavy atom. The van der Waals surface area contributed by atoms with Crippen molar-refractivity contribution in [1.82, 2.24) is 0 Å². The molecule has 0 saturated heterocycles. The molecule has 0 aromatic carbocycles. The fourth-order valence-electron chi connectivity index (χ4n) is 6.76. The standard InChI is InChI=1S/C27H42O3/c1-17(2)13-22(28)14-18(3)24-10-11-25-20(7-6-12-27(24,25)5)8-9-21-15-23(29)16-26(30)19(21)4/h8-9,18,22-26,28-30H,1,4,6-7,10-16H2,2-3,5H3/b20-8+,21-9-/t18-,22-,23+,24-,25+,26-,27-/m1/s1. The average Bonchev–Trinajstić information content (AvgIpc) is 3.00. The van der Waals surface area contributed by atoms with Crippen LogP contribution in [0.1, 0.15) is 78.6 Å². The van der Waals surface area contributed by atoms with Crippen molar-refractivity contribution in [3.63, 3.8) is 0 Å². The smallest absolute Gasteiger partial charge is 0.0811 e. The molecule has 0 aliphatic heterocycles. The fraction of sp³-hybridized carbons (Fsp3) is 0.704. The van der Waals surface area contributed by atoms with E-state index in [0.29, 0.717) is 42.4 Å². The quantitative estimate of drug-likeness (QED) is 0.504. The maximum Gasteiger partial charge on any atom is 0.0811 e. The third-order valence-corrected chi connectivity index (χ3v) is 8.22. The topological polar surface area (TPSA) is 60.7 Å². The Morgan fingerprint density at radius 3 is 2.70 bits per heavy atom. The first-order chi connectivity index (χ1) is 14.1. The Bertz CT molecular complexity index is 718. The molecule has 30 heavy (non-hydrogen) atoms. The number of aliphatic hydroxyl groups is 3. The van der Waals surface area contributed by atoms with Crippen LogP contribution in [0.5, 0.6) is 0 Å². The Morgan fingerprint density at radius 1 is 1.27 bits per heavy atom. The minimum atomic E-state index is -0.627. The summed E-state index contributed by atoms with van der Waals surface area (Å²) in [6, 6.07) is 0. The lowest BCUT2D eigenvalue weighted by Gasteiger charge is -2.44. The molecular formula is C27H42O3. The molecule has 0 spiro atoms. The molecule has 0 aromatic rings. The molecule has 3 heteroatoms. The van der Waals surface area contributed by atoms with E-state index >= 15 is 0 Å². The second kappa shape index (κ2) is 9.54. The van der Waals surface area contributed by atoms with Gasteiger partial charge in [0, 0.05) is 6.42 Å². The van der Waals surface area contributed by atoms with E-state index < -0.39 is 12.2 Å². The van der Waals surface area contributed by atoms with Crippen molar-refractivity contribution >= 4 is 0 Å². The predicted molar refractivity (Wildman–Crippen MR) is 124 cm³/mol. The second-order valence-electron chi connectivity index (χ2n) is 10.7. The van der Waals surface area contributed by atoms with Crippen LogP contribution in [0.15, 0.2) is 47.6 Å². The highest BCUT2D eigenvalue weighted by molar-refractivity contribution is 5.38. The van der Waals surface area contributed by atoms with Gasteiger partial charge in [-0.25, -0.2) is 0 Å². The molecule has 3 rings (SSSR count). The van der Waals surface area contributed by atoms with E-state index in [1.54, 1.807) is 0 Å². The zero-order chi connectivity index (χ0) is 22.1. The molecule has 0 heterocycles. The molecule has 3 aliphatic rings. The molecule has 0 bridgehead atoms. The van der Waals surface area contributed by atoms with Crippen LogP contribution in [-0.4, -0.2) is 33.6 Å². The van der Waals surface area contributed by atoms with Crippen molar-refractivity contribution in [2.75, 3.05) is 0 Å². The van der Waals surface area contributed by atoms with Crippen molar-refractivity contribution < 1.29 is 15.3 Å². The van der Waals surface area contributed by atoms with Crippen LogP contribution in [-0.2, 0) is 0 Å². The van der Waals surface area contributed by atoms with E-state index in [2.05, 4.69) is 39.2 Å². The van der Waals surface area contributed by atoms with Gasteiger partial charge in [0.15, 0.2) is 0 Å². The van der Waals surface area contributed by atoms with Crippen molar-refractivity contribution in [3.05, 3.63) is 47.6 Å². The van der Waals surface area contributed by atoms with Gasteiger partial charge in [0.1, 0.15) is 0 Å². The third-order valence-electron chi connectivity index (χ3n) is 8.22. The SMILES string of the molecule is C=C(C)C[C@@H](O)C[C@@H](C)[C@H]1CC[C@H]2/C(=C/C=C3/C[C@H](O)C[C@@H](O)C3=C)CCC[C@]12C. The van der Waals surface area contributed by atoms with Crippen LogP contribution in [0.3, 0.4) is 0 Å². The van der Waals surface area contributed by atoms with E-state index in [1.807, 2.05) is 6.92 Å². The molecule has 0 amide bonds. The Hall–Kier alpha value is -1.16. The summed E-state index contributed by atoms with van der Waals surface area (Å²) >= 11 is 0. The van der Waals surface area contributed by atoms with Gasteiger partial charge in [0.25, 0.3) is 0 Å². The number of allylic oxidation sites excluding steroid dienone is 3. The maximum absolute atomic E-state index is 10.4. The Balaban J connectivity index is 1.74. The van der Waals surface area contributed by atoms with E-state index in [0.717, 1.165) is 29.6 Å². The van der Waals surface area contributed by atoms with Crippen LogP contribution >= 0.6 is 0 Å². The van der Waals surface area contributed by atoms with E-state index in [1.165, 1.54) is 31.3 Å². The lowest BCUT2D eigenvalue weighted by molar-refractivity contribution is 0.0641. The predicted octanol–water partition coefficient (Wildman–Crippen LogP) is 5.48. The maximum atomic E-state index is 10.4. The number of hydrogen-bond donors (Lipinski definition) is 3. The van der Waals surface area contributed by atoms with Gasteiger partial charge in [0.05, 0.1) is 18.3 Å². The molecule has 7 atom stereocenters. The summed E-state index contributed by atoms with van der Waals surface area (Å²) in [5, 5.41) is 30.6. The van der Waals surface area contributed by atoms with E-state index in [-0.39, 0.29) is 6.10 Å². The van der Waals surface area contributed by atoms with Crippen LogP contribution in [0.25, 0.3) is 0 Å². The molecule has 3 nitrogen and oxygen atoms in total. The Kier molecular flexibility index (Phi) is 7.48. The summed E-state index contributed by atoms with van der Waals surface area (Å²) in [6.07, 6.45) is 11.6. The van der Waals surface area contributed by atoms with Gasteiger partial charge in [0.2, 0.25) is 0 Å². The van der Waals surface area contributed by atoms with Crippen LogP contribution < -0.4 is 0 Å².